The smallest absolute Gasteiger partial charge is 0.337 e. The van der Waals surface area contributed by atoms with Crippen LogP contribution in [0.2, 0.25) is 5.02 Å². The summed E-state index contributed by atoms with van der Waals surface area (Å²) in [5.41, 5.74) is 2.71. The third kappa shape index (κ3) is 6.77. The molecule has 0 saturated carbocycles. The summed E-state index contributed by atoms with van der Waals surface area (Å²) in [7, 11) is 2.99. The molecule has 1 saturated heterocycles. The molecule has 3 rings (SSSR count). The average Bonchev–Trinajstić information content (AvgIpc) is 3.22. The summed E-state index contributed by atoms with van der Waals surface area (Å²) in [6, 6.07) is 15.0. The quantitative estimate of drug-likeness (QED) is 0.420. The van der Waals surface area contributed by atoms with E-state index in [1.165, 1.54) is 7.11 Å². The number of hydrogen-bond donors (Lipinski definition) is 2. The van der Waals surface area contributed by atoms with Gasteiger partial charge >= 0.3 is 5.97 Å². The van der Waals surface area contributed by atoms with Crippen LogP contribution in [0.4, 0.5) is 0 Å². The van der Waals surface area contributed by atoms with Gasteiger partial charge in [0, 0.05) is 44.4 Å². The Morgan fingerprint density at radius 3 is 2.41 bits per heavy atom. The zero-order valence-corrected chi connectivity index (χ0v) is 19.2. The van der Waals surface area contributed by atoms with Crippen molar-refractivity contribution < 1.29 is 19.1 Å². The second kappa shape index (κ2) is 12.0. The number of likely N-dealkylation sites (tertiary alicyclic amines) is 1. The normalized spacial score (nSPS) is 18.5. The van der Waals surface area contributed by atoms with Crippen molar-refractivity contribution >= 4 is 23.5 Å². The second-order valence-electron chi connectivity index (χ2n) is 7.86. The molecule has 2 atom stereocenters. The van der Waals surface area contributed by atoms with Gasteiger partial charge in [0.1, 0.15) is 0 Å². The van der Waals surface area contributed by atoms with E-state index in [0.29, 0.717) is 43.2 Å². The van der Waals surface area contributed by atoms with Gasteiger partial charge in [-0.15, -0.1) is 0 Å². The molecule has 1 amide bonds. The Hall–Kier alpha value is -2.45. The minimum atomic E-state index is -0.347. The van der Waals surface area contributed by atoms with Crippen molar-refractivity contribution in [3.8, 4) is 0 Å². The third-order valence-corrected chi connectivity index (χ3v) is 5.83. The Morgan fingerprint density at radius 2 is 1.75 bits per heavy atom. The molecular formula is C24H30ClN3O4. The van der Waals surface area contributed by atoms with Gasteiger partial charge in [0.25, 0.3) is 0 Å². The van der Waals surface area contributed by atoms with Crippen molar-refractivity contribution in [2.75, 3.05) is 33.9 Å². The molecule has 1 aliphatic rings. The standard InChI is InChI=1S/C24H30ClN3O4/c1-31-12-11-26-23(29)22-13-21(16-28(22)15-18-5-9-20(25)10-6-18)27-14-17-3-7-19(8-4-17)24(30)32-2/h3-10,21-22,27H,11-16H2,1-2H3,(H,26,29)/t21-,22-/m0/s1. The van der Waals surface area contributed by atoms with E-state index >= 15 is 0 Å². The lowest BCUT2D eigenvalue weighted by molar-refractivity contribution is -0.125. The number of hydrogen-bond acceptors (Lipinski definition) is 6. The number of ether oxygens (including phenoxy) is 2. The zero-order chi connectivity index (χ0) is 22.9. The highest BCUT2D eigenvalue weighted by atomic mass is 35.5. The number of methoxy groups -OCH3 is 2. The number of nitrogens with one attached hydrogen (secondary N) is 2. The minimum absolute atomic E-state index is 0.0164. The first-order chi connectivity index (χ1) is 15.5. The van der Waals surface area contributed by atoms with Crippen molar-refractivity contribution in [3.63, 3.8) is 0 Å². The predicted octanol–water partition coefficient (Wildman–Crippen LogP) is 2.62. The summed E-state index contributed by atoms with van der Waals surface area (Å²) >= 11 is 6.01. The van der Waals surface area contributed by atoms with Gasteiger partial charge in [-0.3, -0.25) is 9.69 Å². The number of esters is 1. The van der Waals surface area contributed by atoms with Gasteiger partial charge in [0.2, 0.25) is 5.91 Å². The van der Waals surface area contributed by atoms with E-state index in [9.17, 15) is 9.59 Å². The Bertz CT molecular complexity index is 889. The Kier molecular flexibility index (Phi) is 9.05. The van der Waals surface area contributed by atoms with E-state index in [1.54, 1.807) is 19.2 Å². The van der Waals surface area contributed by atoms with Crippen molar-refractivity contribution in [1.82, 2.24) is 15.5 Å². The predicted molar refractivity (Wildman–Crippen MR) is 124 cm³/mol. The van der Waals surface area contributed by atoms with Crippen LogP contribution < -0.4 is 10.6 Å². The molecule has 2 aromatic rings. The van der Waals surface area contributed by atoms with Gasteiger partial charge in [-0.05, 0) is 41.8 Å². The van der Waals surface area contributed by atoms with Crippen LogP contribution in [-0.2, 0) is 27.4 Å². The van der Waals surface area contributed by atoms with Crippen LogP contribution in [0.3, 0.4) is 0 Å². The van der Waals surface area contributed by atoms with Crippen LogP contribution in [0.5, 0.6) is 0 Å². The fourth-order valence-electron chi connectivity index (χ4n) is 3.86. The summed E-state index contributed by atoms with van der Waals surface area (Å²) < 4.78 is 9.79. The molecule has 8 heteroatoms. The molecule has 1 heterocycles. The van der Waals surface area contributed by atoms with Crippen LogP contribution in [0, 0.1) is 0 Å². The Morgan fingerprint density at radius 1 is 1.06 bits per heavy atom. The van der Waals surface area contributed by atoms with E-state index in [-0.39, 0.29) is 24.0 Å². The topological polar surface area (TPSA) is 79.9 Å². The highest BCUT2D eigenvalue weighted by Crippen LogP contribution is 2.22. The Balaban J connectivity index is 1.61. The molecule has 0 bridgehead atoms. The highest BCUT2D eigenvalue weighted by molar-refractivity contribution is 6.30. The summed E-state index contributed by atoms with van der Waals surface area (Å²) in [4.78, 5) is 26.6. The molecule has 2 N–H and O–H groups in total. The summed E-state index contributed by atoms with van der Waals surface area (Å²) in [6.07, 6.45) is 0.715. The van der Waals surface area contributed by atoms with E-state index in [4.69, 9.17) is 21.1 Å². The van der Waals surface area contributed by atoms with Gasteiger partial charge in [-0.25, -0.2) is 4.79 Å². The second-order valence-corrected chi connectivity index (χ2v) is 8.29. The van der Waals surface area contributed by atoms with Crippen molar-refractivity contribution in [3.05, 3.63) is 70.2 Å². The molecule has 0 radical (unpaired) electrons. The highest BCUT2D eigenvalue weighted by Gasteiger charge is 2.36. The summed E-state index contributed by atoms with van der Waals surface area (Å²) in [6.45, 7) is 3.06. The van der Waals surface area contributed by atoms with E-state index in [1.807, 2.05) is 36.4 Å². The van der Waals surface area contributed by atoms with Crippen LogP contribution in [-0.4, -0.2) is 62.8 Å². The SMILES string of the molecule is COCCNC(=O)[C@@H]1C[C@H](NCc2ccc(C(=O)OC)cc2)CN1Cc1ccc(Cl)cc1. The lowest BCUT2D eigenvalue weighted by Gasteiger charge is -2.23. The number of rotatable bonds is 10. The lowest BCUT2D eigenvalue weighted by Crippen LogP contribution is -2.43. The zero-order valence-electron chi connectivity index (χ0n) is 18.5. The molecule has 1 aliphatic heterocycles. The first kappa shape index (κ1) is 24.2. The fourth-order valence-corrected chi connectivity index (χ4v) is 3.98. The fraction of sp³-hybridized carbons (Fsp3) is 0.417. The molecule has 32 heavy (non-hydrogen) atoms. The van der Waals surface area contributed by atoms with E-state index in [0.717, 1.165) is 17.7 Å². The lowest BCUT2D eigenvalue weighted by atomic mass is 10.1. The number of benzene rings is 2. The molecule has 1 fully saturated rings. The monoisotopic (exact) mass is 459 g/mol. The maximum atomic E-state index is 12.8. The average molecular weight is 460 g/mol. The number of halogens is 1. The number of carbonyl (C=O) groups excluding carboxylic acids is 2. The first-order valence-corrected chi connectivity index (χ1v) is 11.0. The third-order valence-electron chi connectivity index (χ3n) is 5.58. The van der Waals surface area contributed by atoms with Crippen LogP contribution in [0.15, 0.2) is 48.5 Å². The van der Waals surface area contributed by atoms with Gasteiger partial charge in [-0.1, -0.05) is 35.9 Å². The molecule has 172 valence electrons. The maximum absolute atomic E-state index is 12.8. The number of carbonyl (C=O) groups is 2. The molecule has 2 aromatic carbocycles. The van der Waals surface area contributed by atoms with Crippen molar-refractivity contribution in [1.29, 1.82) is 0 Å². The molecule has 0 unspecified atom stereocenters. The van der Waals surface area contributed by atoms with Gasteiger partial charge < -0.3 is 20.1 Å². The van der Waals surface area contributed by atoms with Crippen LogP contribution in [0.25, 0.3) is 0 Å². The maximum Gasteiger partial charge on any atom is 0.337 e. The summed E-state index contributed by atoms with van der Waals surface area (Å²) in [5.74, 6) is -0.330. The number of amides is 1. The van der Waals surface area contributed by atoms with Gasteiger partial charge in [0.05, 0.1) is 25.3 Å². The summed E-state index contributed by atoms with van der Waals surface area (Å²) in [5, 5.41) is 7.22. The molecule has 7 nitrogen and oxygen atoms in total. The van der Waals surface area contributed by atoms with Gasteiger partial charge in [0.15, 0.2) is 0 Å². The molecule has 0 aliphatic carbocycles. The molecular weight excluding hydrogens is 430 g/mol. The van der Waals surface area contributed by atoms with Crippen molar-refractivity contribution in [2.24, 2.45) is 0 Å². The van der Waals surface area contributed by atoms with E-state index in [2.05, 4.69) is 15.5 Å². The molecule has 0 aromatic heterocycles. The van der Waals surface area contributed by atoms with Crippen molar-refractivity contribution in [2.45, 2.75) is 31.6 Å². The first-order valence-electron chi connectivity index (χ1n) is 10.7. The minimum Gasteiger partial charge on any atom is -0.465 e. The number of nitrogens with zero attached hydrogens (tertiary/aromatic N) is 1. The molecule has 0 spiro atoms. The van der Waals surface area contributed by atoms with E-state index < -0.39 is 0 Å². The largest absolute Gasteiger partial charge is 0.465 e. The van der Waals surface area contributed by atoms with Gasteiger partial charge in [-0.2, -0.15) is 0 Å². The van der Waals surface area contributed by atoms with Crippen LogP contribution >= 0.6 is 11.6 Å². The Labute approximate surface area is 194 Å². The van der Waals surface area contributed by atoms with Crippen LogP contribution in [0.1, 0.15) is 27.9 Å².